The Morgan fingerprint density at radius 3 is 1.15 bits per heavy atom. The van der Waals surface area contributed by atoms with E-state index in [1.165, 1.54) is 84.9 Å². The van der Waals surface area contributed by atoms with Gasteiger partial charge in [0.1, 0.15) is 11.5 Å². The van der Waals surface area contributed by atoms with Gasteiger partial charge in [0.15, 0.2) is 0 Å². The maximum atomic E-state index is 13.0. The maximum Gasteiger partial charge on any atom is 0.314 e. The summed E-state index contributed by atoms with van der Waals surface area (Å²) >= 11 is 0. The Morgan fingerprint density at radius 2 is 0.815 bits per heavy atom. The van der Waals surface area contributed by atoms with Crippen LogP contribution in [0.3, 0.4) is 0 Å². The lowest BCUT2D eigenvalue weighted by Gasteiger charge is -2.13. The van der Waals surface area contributed by atoms with Crippen molar-refractivity contribution in [3.05, 3.63) is 120 Å². The monoisotopic (exact) mass is 770 g/mol. The summed E-state index contributed by atoms with van der Waals surface area (Å²) in [5.74, 6) is -4.11. The number of rotatable bonds is 8. The molecule has 0 aliphatic rings. The molecule has 6 aromatic carbocycles. The first-order valence-electron chi connectivity index (χ1n) is 15.4. The lowest BCUT2D eigenvalue weighted by molar-refractivity contribution is -0.132. The highest BCUT2D eigenvalue weighted by atomic mass is 32.2. The normalized spacial score (nSPS) is 11.5. The van der Waals surface area contributed by atoms with E-state index >= 15 is 0 Å². The van der Waals surface area contributed by atoms with E-state index in [0.29, 0.717) is 0 Å². The SMILES string of the molecule is O=C(Nc1ccc(C(=O)Nc2cc(S(=O)(=O)O)cc3cccc(O)c23)cc1)C(=O)Nc1ccc(C(=O)Nc2cc(S(=O)(=O)O)cc3cccc(O)c23)cc1. The molecule has 0 aromatic heterocycles. The Kier molecular flexibility index (Phi) is 9.76. The van der Waals surface area contributed by atoms with E-state index in [0.717, 1.165) is 24.3 Å². The molecular weight excluding hydrogens is 745 g/mol. The molecule has 0 radical (unpaired) electrons. The van der Waals surface area contributed by atoms with Crippen LogP contribution in [0.1, 0.15) is 20.7 Å². The van der Waals surface area contributed by atoms with Crippen LogP contribution in [0.5, 0.6) is 11.5 Å². The van der Waals surface area contributed by atoms with Crippen LogP contribution in [-0.4, -0.2) is 59.8 Å². The predicted octanol–water partition coefficient (Wildman–Crippen LogP) is 4.98. The first-order valence-corrected chi connectivity index (χ1v) is 18.3. The lowest BCUT2D eigenvalue weighted by atomic mass is 10.1. The molecule has 0 bridgehead atoms. The summed E-state index contributed by atoms with van der Waals surface area (Å²) in [5, 5.41) is 31.2. The number of anilines is 4. The summed E-state index contributed by atoms with van der Waals surface area (Å²) in [6.07, 6.45) is 0. The van der Waals surface area contributed by atoms with Gasteiger partial charge in [-0.2, -0.15) is 16.8 Å². The molecule has 54 heavy (non-hydrogen) atoms. The largest absolute Gasteiger partial charge is 0.507 e. The highest BCUT2D eigenvalue weighted by molar-refractivity contribution is 7.86. The van der Waals surface area contributed by atoms with E-state index in [-0.39, 0.29) is 66.9 Å². The van der Waals surface area contributed by atoms with E-state index in [9.17, 15) is 55.3 Å². The van der Waals surface area contributed by atoms with Crippen molar-refractivity contribution >= 4 is 88.2 Å². The average molecular weight is 771 g/mol. The summed E-state index contributed by atoms with van der Waals surface area (Å²) in [7, 11) is -9.31. The van der Waals surface area contributed by atoms with Crippen LogP contribution in [0.4, 0.5) is 22.7 Å². The Balaban J connectivity index is 1.09. The first kappa shape index (κ1) is 36.9. The minimum absolute atomic E-state index is 0.0542. The minimum Gasteiger partial charge on any atom is -0.507 e. The zero-order valence-corrected chi connectivity index (χ0v) is 28.9. The quantitative estimate of drug-likeness (QED) is 0.0753. The van der Waals surface area contributed by atoms with Gasteiger partial charge in [0.05, 0.1) is 21.2 Å². The van der Waals surface area contributed by atoms with Gasteiger partial charge < -0.3 is 31.5 Å². The number of hydrogen-bond donors (Lipinski definition) is 8. The van der Waals surface area contributed by atoms with Crippen molar-refractivity contribution in [1.29, 1.82) is 0 Å². The molecule has 18 heteroatoms. The van der Waals surface area contributed by atoms with Crippen LogP contribution in [0.2, 0.25) is 0 Å². The van der Waals surface area contributed by atoms with Crippen LogP contribution in [0.25, 0.3) is 21.5 Å². The van der Waals surface area contributed by atoms with Gasteiger partial charge in [0.2, 0.25) is 0 Å². The molecule has 0 unspecified atom stereocenters. The van der Waals surface area contributed by atoms with Gasteiger partial charge in [-0.05, 0) is 95.7 Å². The third-order valence-corrected chi connectivity index (χ3v) is 9.63. The van der Waals surface area contributed by atoms with Gasteiger partial charge in [-0.25, -0.2) is 0 Å². The number of nitrogens with one attached hydrogen (secondary N) is 4. The van der Waals surface area contributed by atoms with Crippen molar-refractivity contribution in [2.75, 3.05) is 21.3 Å². The highest BCUT2D eigenvalue weighted by Crippen LogP contribution is 2.36. The van der Waals surface area contributed by atoms with Gasteiger partial charge in [0.25, 0.3) is 32.1 Å². The van der Waals surface area contributed by atoms with Gasteiger partial charge >= 0.3 is 11.8 Å². The number of aromatic hydroxyl groups is 2. The maximum absolute atomic E-state index is 13.0. The number of phenolic OH excluding ortho intramolecular Hbond substituents is 2. The van der Waals surface area contributed by atoms with E-state index in [1.54, 1.807) is 0 Å². The second-order valence-electron chi connectivity index (χ2n) is 11.6. The fourth-order valence-corrected chi connectivity index (χ4v) is 6.52. The standard InChI is InChI=1S/C36H26N4O12S2/c41-29-5-1-3-21-15-25(53(47,48)49)17-27(31(21)29)39-33(43)19-7-11-23(12-8-19)37-35(45)36(46)38-24-13-9-20(10-14-24)34(44)40-28-18-26(54(50,51)52)16-22-4-2-6-30(42)32(22)28/h1-18,41-42H,(H,37,45)(H,38,46)(H,39,43)(H,40,44)(H,47,48,49)(H,50,51,52). The molecule has 16 nitrogen and oxygen atoms in total. The Bertz CT molecular complexity index is 2560. The predicted molar refractivity (Wildman–Crippen MR) is 197 cm³/mol. The molecule has 0 saturated carbocycles. The third-order valence-electron chi connectivity index (χ3n) is 7.97. The number of carbonyl (C=O) groups excluding carboxylic acids is 4. The van der Waals surface area contributed by atoms with Crippen molar-refractivity contribution in [3.63, 3.8) is 0 Å². The number of hydrogen-bond acceptors (Lipinski definition) is 10. The summed E-state index contributed by atoms with van der Waals surface area (Å²) in [4.78, 5) is 50.3. The summed E-state index contributed by atoms with van der Waals surface area (Å²) in [6.45, 7) is 0. The molecule has 0 atom stereocenters. The van der Waals surface area contributed by atoms with Crippen molar-refractivity contribution in [2.24, 2.45) is 0 Å². The highest BCUT2D eigenvalue weighted by Gasteiger charge is 2.20. The average Bonchev–Trinajstić information content (AvgIpc) is 3.11. The minimum atomic E-state index is -4.65. The zero-order valence-electron chi connectivity index (χ0n) is 27.3. The number of benzene rings is 6. The summed E-state index contributed by atoms with van der Waals surface area (Å²) in [5.41, 5.74) is 0.186. The molecule has 6 rings (SSSR count). The molecule has 0 saturated heterocycles. The molecule has 274 valence electrons. The molecule has 8 N–H and O–H groups in total. The molecule has 0 spiro atoms. The second-order valence-corrected chi connectivity index (χ2v) is 14.5. The van der Waals surface area contributed by atoms with E-state index < -0.39 is 53.7 Å². The topological polar surface area (TPSA) is 266 Å². The number of amides is 4. The molecule has 0 aliphatic carbocycles. The molecule has 0 heterocycles. The van der Waals surface area contributed by atoms with Gasteiger partial charge in [-0.15, -0.1) is 0 Å². The number of phenols is 2. The summed E-state index contributed by atoms with van der Waals surface area (Å²) in [6, 6.07) is 23.4. The van der Waals surface area contributed by atoms with E-state index in [1.807, 2.05) is 0 Å². The smallest absolute Gasteiger partial charge is 0.314 e. The number of fused-ring (bicyclic) bond motifs is 2. The van der Waals surface area contributed by atoms with Crippen molar-refractivity contribution in [2.45, 2.75) is 9.79 Å². The molecule has 6 aromatic rings. The summed E-state index contributed by atoms with van der Waals surface area (Å²) < 4.78 is 66.3. The first-order chi connectivity index (χ1) is 25.5. The zero-order chi connectivity index (χ0) is 38.9. The Hall–Kier alpha value is -6.86. The fraction of sp³-hybridized carbons (Fsp3) is 0. The second kappa shape index (κ2) is 14.3. The van der Waals surface area contributed by atoms with Crippen molar-refractivity contribution < 1.29 is 55.3 Å². The van der Waals surface area contributed by atoms with Crippen molar-refractivity contribution in [3.8, 4) is 11.5 Å². The number of carbonyl (C=O) groups is 4. The van der Waals surface area contributed by atoms with Crippen LogP contribution < -0.4 is 21.3 Å². The van der Waals surface area contributed by atoms with E-state index in [2.05, 4.69) is 21.3 Å². The third kappa shape index (κ3) is 7.96. The van der Waals surface area contributed by atoms with Gasteiger partial charge in [0, 0.05) is 33.3 Å². The van der Waals surface area contributed by atoms with Gasteiger partial charge in [-0.1, -0.05) is 24.3 Å². The molecule has 4 amide bonds. The van der Waals surface area contributed by atoms with Crippen molar-refractivity contribution in [1.82, 2.24) is 0 Å². The molecule has 0 aliphatic heterocycles. The lowest BCUT2D eigenvalue weighted by Crippen LogP contribution is -2.29. The molecule has 0 fully saturated rings. The Labute approximate surface area is 305 Å². The van der Waals surface area contributed by atoms with Crippen LogP contribution in [0, 0.1) is 0 Å². The van der Waals surface area contributed by atoms with Crippen LogP contribution in [0.15, 0.2) is 119 Å². The van der Waals surface area contributed by atoms with Crippen LogP contribution in [-0.2, 0) is 29.8 Å². The van der Waals surface area contributed by atoms with Crippen LogP contribution >= 0.6 is 0 Å². The van der Waals surface area contributed by atoms with Gasteiger partial charge in [-0.3, -0.25) is 28.3 Å². The fourth-order valence-electron chi connectivity index (χ4n) is 5.43. The van der Waals surface area contributed by atoms with E-state index in [4.69, 9.17) is 0 Å². The Morgan fingerprint density at radius 1 is 0.463 bits per heavy atom. The molecular formula is C36H26N4O12S2.